The third-order valence-electron chi connectivity index (χ3n) is 4.01. The van der Waals surface area contributed by atoms with Gasteiger partial charge in [0.15, 0.2) is 0 Å². The van der Waals surface area contributed by atoms with Crippen LogP contribution in [0.2, 0.25) is 0 Å². The minimum absolute atomic E-state index is 0.0808. The second kappa shape index (κ2) is 5.79. The first kappa shape index (κ1) is 15.1. The third-order valence-corrected chi connectivity index (χ3v) is 5.88. The lowest BCUT2D eigenvalue weighted by atomic mass is 9.95. The van der Waals surface area contributed by atoms with Crippen LogP contribution in [0.3, 0.4) is 0 Å². The highest BCUT2D eigenvalue weighted by Crippen LogP contribution is 2.31. The number of hydrogen-bond donors (Lipinski definition) is 1. The highest BCUT2D eigenvalue weighted by molar-refractivity contribution is 7.89. The zero-order chi connectivity index (χ0) is 15.7. The summed E-state index contributed by atoms with van der Waals surface area (Å²) in [6.07, 6.45) is 0. The maximum absolute atomic E-state index is 13.8. The predicted octanol–water partition coefficient (Wildman–Crippen LogP) is 1.94. The fourth-order valence-electron chi connectivity index (χ4n) is 2.83. The maximum Gasteiger partial charge on any atom is 0.246 e. The van der Waals surface area contributed by atoms with E-state index in [-0.39, 0.29) is 29.9 Å². The van der Waals surface area contributed by atoms with Crippen molar-refractivity contribution >= 4 is 10.0 Å². The van der Waals surface area contributed by atoms with Gasteiger partial charge in [0.2, 0.25) is 10.0 Å². The summed E-state index contributed by atoms with van der Waals surface area (Å²) in [7, 11) is -3.86. The van der Waals surface area contributed by atoms with Crippen LogP contribution in [-0.4, -0.2) is 31.9 Å². The normalized spacial score (nSPS) is 22.8. The fourth-order valence-corrected chi connectivity index (χ4v) is 4.40. The van der Waals surface area contributed by atoms with Gasteiger partial charge in [-0.15, -0.1) is 0 Å². The van der Waals surface area contributed by atoms with Crippen LogP contribution in [0, 0.1) is 5.82 Å². The molecule has 1 aliphatic rings. The molecule has 0 aliphatic carbocycles. The summed E-state index contributed by atoms with van der Waals surface area (Å²) in [6.45, 7) is 0.456. The Labute approximate surface area is 129 Å². The van der Waals surface area contributed by atoms with Crippen molar-refractivity contribution in [2.45, 2.75) is 16.9 Å². The number of sulfonamides is 1. The molecule has 0 aromatic heterocycles. The zero-order valence-electron chi connectivity index (χ0n) is 11.9. The van der Waals surface area contributed by atoms with Crippen molar-refractivity contribution in [2.75, 3.05) is 13.1 Å². The minimum Gasteiger partial charge on any atom is -0.326 e. The van der Waals surface area contributed by atoms with Gasteiger partial charge in [0.05, 0.1) is 0 Å². The Morgan fingerprint density at radius 1 is 1.00 bits per heavy atom. The second-order valence-electron chi connectivity index (χ2n) is 5.43. The van der Waals surface area contributed by atoms with Crippen LogP contribution >= 0.6 is 0 Å². The maximum atomic E-state index is 13.8. The van der Waals surface area contributed by atoms with Crippen molar-refractivity contribution in [2.24, 2.45) is 5.73 Å². The first-order chi connectivity index (χ1) is 10.5. The van der Waals surface area contributed by atoms with E-state index in [1.165, 1.54) is 22.5 Å². The van der Waals surface area contributed by atoms with Crippen LogP contribution in [0.4, 0.5) is 4.39 Å². The molecule has 0 radical (unpaired) electrons. The molecule has 1 saturated heterocycles. The van der Waals surface area contributed by atoms with E-state index in [0.717, 1.165) is 11.6 Å². The predicted molar refractivity (Wildman–Crippen MR) is 82.3 cm³/mol. The molecule has 1 aliphatic heterocycles. The lowest BCUT2D eigenvalue weighted by Gasteiger charge is -2.17. The van der Waals surface area contributed by atoms with Crippen LogP contribution < -0.4 is 5.73 Å². The number of nitrogens with two attached hydrogens (primary N) is 1. The van der Waals surface area contributed by atoms with Crippen molar-refractivity contribution in [1.82, 2.24) is 4.31 Å². The van der Waals surface area contributed by atoms with E-state index in [2.05, 4.69) is 0 Å². The molecule has 1 fully saturated rings. The van der Waals surface area contributed by atoms with Gasteiger partial charge in [-0.3, -0.25) is 0 Å². The first-order valence-electron chi connectivity index (χ1n) is 7.05. The van der Waals surface area contributed by atoms with Crippen molar-refractivity contribution in [3.05, 3.63) is 66.0 Å². The fraction of sp³-hybridized carbons (Fsp3) is 0.250. The molecule has 0 unspecified atom stereocenters. The molecular weight excluding hydrogens is 303 g/mol. The smallest absolute Gasteiger partial charge is 0.246 e. The summed E-state index contributed by atoms with van der Waals surface area (Å²) in [5.41, 5.74) is 7.12. The molecule has 116 valence electrons. The van der Waals surface area contributed by atoms with Crippen LogP contribution in [0.25, 0.3) is 0 Å². The lowest BCUT2D eigenvalue weighted by Crippen LogP contribution is -2.32. The van der Waals surface area contributed by atoms with Gasteiger partial charge in [-0.2, -0.15) is 4.31 Å². The summed E-state index contributed by atoms with van der Waals surface area (Å²) in [6, 6.07) is 14.7. The van der Waals surface area contributed by atoms with E-state index in [1.807, 2.05) is 30.3 Å². The van der Waals surface area contributed by atoms with Crippen LogP contribution in [0.15, 0.2) is 59.5 Å². The van der Waals surface area contributed by atoms with Crippen LogP contribution in [0.1, 0.15) is 11.5 Å². The number of hydrogen-bond acceptors (Lipinski definition) is 3. The van der Waals surface area contributed by atoms with Gasteiger partial charge >= 0.3 is 0 Å². The SMILES string of the molecule is N[C@@H]1CN(S(=O)(=O)c2ccccc2F)C[C@H]1c1ccccc1. The molecule has 2 aromatic rings. The zero-order valence-corrected chi connectivity index (χ0v) is 12.7. The Morgan fingerprint density at radius 2 is 1.64 bits per heavy atom. The molecule has 0 spiro atoms. The summed E-state index contributed by atoms with van der Waals surface area (Å²) in [5, 5.41) is 0. The molecule has 22 heavy (non-hydrogen) atoms. The van der Waals surface area contributed by atoms with Gasteiger partial charge in [0.25, 0.3) is 0 Å². The van der Waals surface area contributed by atoms with E-state index in [9.17, 15) is 12.8 Å². The van der Waals surface area contributed by atoms with E-state index in [4.69, 9.17) is 5.73 Å². The van der Waals surface area contributed by atoms with Crippen molar-refractivity contribution in [3.63, 3.8) is 0 Å². The number of benzene rings is 2. The number of halogens is 1. The molecule has 2 aromatic carbocycles. The van der Waals surface area contributed by atoms with Crippen molar-refractivity contribution < 1.29 is 12.8 Å². The minimum atomic E-state index is -3.86. The highest BCUT2D eigenvalue weighted by Gasteiger charge is 2.39. The second-order valence-corrected chi connectivity index (χ2v) is 7.34. The molecular formula is C16H17FN2O2S. The van der Waals surface area contributed by atoms with E-state index < -0.39 is 15.8 Å². The van der Waals surface area contributed by atoms with E-state index >= 15 is 0 Å². The molecule has 6 heteroatoms. The standard InChI is InChI=1S/C16H17FN2O2S/c17-14-8-4-5-9-16(14)22(20,21)19-10-13(15(18)11-19)12-6-2-1-3-7-12/h1-9,13,15H,10-11,18H2/t13-,15+/m0/s1. The molecule has 3 rings (SSSR count). The van der Waals surface area contributed by atoms with Gasteiger partial charge in [-0.05, 0) is 17.7 Å². The van der Waals surface area contributed by atoms with Crippen LogP contribution in [0.5, 0.6) is 0 Å². The molecule has 1 heterocycles. The van der Waals surface area contributed by atoms with E-state index in [1.54, 1.807) is 0 Å². The van der Waals surface area contributed by atoms with Gasteiger partial charge in [0, 0.05) is 25.0 Å². The molecule has 4 nitrogen and oxygen atoms in total. The number of rotatable bonds is 3. The van der Waals surface area contributed by atoms with E-state index in [0.29, 0.717) is 0 Å². The summed E-state index contributed by atoms with van der Waals surface area (Å²) in [5.74, 6) is -0.818. The Hall–Kier alpha value is -1.76. The Bertz CT molecular complexity index is 765. The summed E-state index contributed by atoms with van der Waals surface area (Å²) >= 11 is 0. The average Bonchev–Trinajstić information content (AvgIpc) is 2.91. The molecule has 0 amide bonds. The van der Waals surface area contributed by atoms with Gasteiger partial charge in [-0.1, -0.05) is 42.5 Å². The van der Waals surface area contributed by atoms with Crippen molar-refractivity contribution in [1.29, 1.82) is 0 Å². The van der Waals surface area contributed by atoms with Gasteiger partial charge in [-0.25, -0.2) is 12.8 Å². The monoisotopic (exact) mass is 320 g/mol. The molecule has 2 N–H and O–H groups in total. The average molecular weight is 320 g/mol. The third kappa shape index (κ3) is 2.65. The van der Waals surface area contributed by atoms with Gasteiger partial charge in [0.1, 0.15) is 10.7 Å². The Kier molecular flexibility index (Phi) is 3.99. The summed E-state index contributed by atoms with van der Waals surface area (Å²) < 4.78 is 40.3. The Balaban J connectivity index is 1.90. The topological polar surface area (TPSA) is 63.4 Å². The molecule has 2 atom stereocenters. The summed E-state index contributed by atoms with van der Waals surface area (Å²) in [4.78, 5) is -0.295. The first-order valence-corrected chi connectivity index (χ1v) is 8.49. The quantitative estimate of drug-likeness (QED) is 0.940. The molecule has 0 bridgehead atoms. The lowest BCUT2D eigenvalue weighted by molar-refractivity contribution is 0.463. The number of nitrogens with zero attached hydrogens (tertiary/aromatic N) is 1. The molecule has 0 saturated carbocycles. The van der Waals surface area contributed by atoms with Gasteiger partial charge < -0.3 is 5.73 Å². The largest absolute Gasteiger partial charge is 0.326 e. The highest BCUT2D eigenvalue weighted by atomic mass is 32.2. The van der Waals surface area contributed by atoms with Crippen molar-refractivity contribution in [3.8, 4) is 0 Å². The van der Waals surface area contributed by atoms with Crippen LogP contribution in [-0.2, 0) is 10.0 Å². The Morgan fingerprint density at radius 3 is 2.32 bits per heavy atom.